The molecule has 13 heteroatoms. The summed E-state index contributed by atoms with van der Waals surface area (Å²) in [6, 6.07) is 8.88. The number of methoxy groups -OCH3 is 1. The van der Waals surface area contributed by atoms with Gasteiger partial charge in [-0.15, -0.1) is 5.10 Å². The van der Waals surface area contributed by atoms with Gasteiger partial charge < -0.3 is 19.7 Å². The summed E-state index contributed by atoms with van der Waals surface area (Å²) in [6.07, 6.45) is 4.09. The number of piperidine rings is 1. The van der Waals surface area contributed by atoms with Crippen molar-refractivity contribution in [3.63, 3.8) is 0 Å². The molecule has 35 heavy (non-hydrogen) atoms. The molecule has 0 unspecified atom stereocenters. The molecule has 1 aliphatic heterocycles. The van der Waals surface area contributed by atoms with E-state index in [-0.39, 0.29) is 16.3 Å². The van der Waals surface area contributed by atoms with Crippen LogP contribution >= 0.6 is 11.6 Å². The minimum absolute atomic E-state index is 0.00201. The molecular formula is C22H27B3ClFN6O2. The van der Waals surface area contributed by atoms with E-state index in [1.807, 2.05) is 35.7 Å². The molecule has 8 nitrogen and oxygen atoms in total. The van der Waals surface area contributed by atoms with Crippen molar-refractivity contribution in [2.75, 3.05) is 30.4 Å². The predicted octanol–water partition coefficient (Wildman–Crippen LogP) is 1.06. The maximum Gasteiger partial charge on any atom is 0.320 e. The largest absolute Gasteiger partial charge is 0.481 e. The Bertz CT molecular complexity index is 1210. The van der Waals surface area contributed by atoms with Crippen molar-refractivity contribution < 1.29 is 13.9 Å². The third kappa shape index (κ3) is 4.94. The van der Waals surface area contributed by atoms with E-state index in [1.165, 1.54) is 18.2 Å². The van der Waals surface area contributed by atoms with E-state index in [0.717, 1.165) is 31.6 Å². The number of hydrogen-bond acceptors (Lipinski definition) is 7. The predicted molar refractivity (Wildman–Crippen MR) is 142 cm³/mol. The summed E-state index contributed by atoms with van der Waals surface area (Å²) in [6.45, 7) is 1.89. The van der Waals surface area contributed by atoms with Gasteiger partial charge in [0.25, 0.3) is 0 Å². The Hall–Kier alpha value is -2.88. The number of benzene rings is 1. The lowest BCUT2D eigenvalue weighted by Gasteiger charge is -2.39. The molecule has 1 N–H and O–H groups in total. The highest BCUT2D eigenvalue weighted by atomic mass is 35.5. The Labute approximate surface area is 211 Å². The van der Waals surface area contributed by atoms with Gasteiger partial charge in [-0.3, -0.25) is 0 Å². The monoisotopic (exact) mass is 494 g/mol. The van der Waals surface area contributed by atoms with Gasteiger partial charge in [-0.1, -0.05) is 11.6 Å². The molecule has 2 aromatic heterocycles. The van der Waals surface area contributed by atoms with Crippen molar-refractivity contribution >= 4 is 46.8 Å². The average Bonchev–Trinajstić information content (AvgIpc) is 3.32. The van der Waals surface area contributed by atoms with Crippen molar-refractivity contribution in [2.45, 2.75) is 24.1 Å². The Morgan fingerprint density at radius 2 is 1.89 bits per heavy atom. The van der Waals surface area contributed by atoms with E-state index in [9.17, 15) is 4.39 Å². The van der Waals surface area contributed by atoms with E-state index >= 15 is 0 Å². The second kappa shape index (κ2) is 9.30. The van der Waals surface area contributed by atoms with E-state index in [4.69, 9.17) is 26.2 Å². The lowest BCUT2D eigenvalue weighted by molar-refractivity contribution is 0.374. The third-order valence-electron chi connectivity index (χ3n) is 6.74. The van der Waals surface area contributed by atoms with Crippen molar-refractivity contribution in [1.82, 2.24) is 19.7 Å². The van der Waals surface area contributed by atoms with Gasteiger partial charge in [0.2, 0.25) is 11.8 Å². The average molecular weight is 494 g/mol. The molecule has 0 spiro atoms. The summed E-state index contributed by atoms with van der Waals surface area (Å²) in [7, 11) is 7.72. The molecule has 1 saturated carbocycles. The second-order valence-corrected chi connectivity index (χ2v) is 10.6. The summed E-state index contributed by atoms with van der Waals surface area (Å²) in [4.78, 5) is 11.3. The Morgan fingerprint density at radius 3 is 2.54 bits per heavy atom. The highest BCUT2D eigenvalue weighted by molar-refractivity contribution is 6.56. The lowest BCUT2D eigenvalue weighted by atomic mass is 9.49. The topological polar surface area (TPSA) is 77.3 Å². The van der Waals surface area contributed by atoms with E-state index < -0.39 is 5.82 Å². The minimum Gasteiger partial charge on any atom is -0.481 e. The number of aromatic nitrogens is 4. The molecule has 180 valence electrons. The van der Waals surface area contributed by atoms with E-state index in [2.05, 4.69) is 20.2 Å². The highest BCUT2D eigenvalue weighted by Gasteiger charge is 2.43. The van der Waals surface area contributed by atoms with Gasteiger partial charge in [-0.2, -0.15) is 4.98 Å². The summed E-state index contributed by atoms with van der Waals surface area (Å²) < 4.78 is 26.6. The maximum atomic E-state index is 13.6. The SMILES string of the molecule is BC(B)(B)n1nc(N[C@@H]2[C@@H]3CC[C@H]2CN(c2ccnc(OC)c2)C3)nc1Oc1ccc(F)c(Cl)c1. The third-order valence-corrected chi connectivity index (χ3v) is 7.02. The van der Waals surface area contributed by atoms with Crippen LogP contribution < -0.4 is 19.7 Å². The normalized spacial score (nSPS) is 21.7. The summed E-state index contributed by atoms with van der Waals surface area (Å²) in [5.74, 6) is 2.00. The van der Waals surface area contributed by atoms with Crippen LogP contribution in [0, 0.1) is 17.7 Å². The number of hydrogen-bond donors (Lipinski definition) is 1. The Kier molecular flexibility index (Phi) is 6.33. The van der Waals surface area contributed by atoms with Crippen molar-refractivity contribution in [3.8, 4) is 17.6 Å². The smallest absolute Gasteiger partial charge is 0.320 e. The van der Waals surface area contributed by atoms with Crippen LogP contribution in [-0.4, -0.2) is 69.5 Å². The first-order valence-corrected chi connectivity index (χ1v) is 12.2. The molecule has 1 saturated heterocycles. The molecule has 3 atom stereocenters. The molecule has 2 bridgehead atoms. The lowest BCUT2D eigenvalue weighted by Crippen LogP contribution is -2.48. The number of fused-ring (bicyclic) bond motifs is 2. The fourth-order valence-electron chi connectivity index (χ4n) is 5.03. The van der Waals surface area contributed by atoms with Crippen LogP contribution in [0.4, 0.5) is 16.0 Å². The van der Waals surface area contributed by atoms with Crippen LogP contribution in [0.25, 0.3) is 0 Å². The van der Waals surface area contributed by atoms with Crippen LogP contribution in [0.3, 0.4) is 0 Å². The van der Waals surface area contributed by atoms with Gasteiger partial charge in [-0.25, -0.2) is 14.1 Å². The van der Waals surface area contributed by atoms with Crippen LogP contribution in [0.15, 0.2) is 36.5 Å². The van der Waals surface area contributed by atoms with Crippen molar-refractivity contribution in [1.29, 1.82) is 0 Å². The number of pyridine rings is 1. The van der Waals surface area contributed by atoms with Gasteiger partial charge in [0.1, 0.15) is 35.1 Å². The van der Waals surface area contributed by atoms with Gasteiger partial charge >= 0.3 is 6.01 Å². The fraction of sp³-hybridized carbons (Fsp3) is 0.409. The molecule has 3 heterocycles. The fourth-order valence-corrected chi connectivity index (χ4v) is 5.20. The Morgan fingerprint density at radius 1 is 1.14 bits per heavy atom. The van der Waals surface area contributed by atoms with Gasteiger partial charge in [0, 0.05) is 43.1 Å². The minimum atomic E-state index is -0.495. The molecule has 0 radical (unpaired) electrons. The number of ether oxygens (including phenoxy) is 2. The highest BCUT2D eigenvalue weighted by Crippen LogP contribution is 2.40. The standard InChI is InChI=1S/C22H27B3ClFN6O2/c1-34-18-8-14(6-7-28-18)32-10-12-2-3-13(11-32)19(12)29-20-30-21(33(31-20)22(23,24)25)35-15-4-5-17(27)16(26)9-15/h4-9,12-13,19H,2-3,10-11,23-25H2,1H3,(H,29,31)/t12-,13+,19-. The zero-order chi connectivity index (χ0) is 24.7. The van der Waals surface area contributed by atoms with Crippen molar-refractivity contribution in [2.24, 2.45) is 11.8 Å². The molecule has 2 fully saturated rings. The first kappa shape index (κ1) is 23.8. The molecule has 0 amide bonds. The Balaban J connectivity index is 1.34. The molecule has 3 aromatic rings. The van der Waals surface area contributed by atoms with Crippen molar-refractivity contribution in [3.05, 3.63) is 47.4 Å². The van der Waals surface area contributed by atoms with E-state index in [1.54, 1.807) is 18.0 Å². The van der Waals surface area contributed by atoms with Gasteiger partial charge in [-0.05, 0) is 48.1 Å². The number of rotatable bonds is 7. The van der Waals surface area contributed by atoms with Gasteiger partial charge in [0.05, 0.1) is 12.1 Å². The number of halogens is 2. The first-order chi connectivity index (χ1) is 16.7. The van der Waals surface area contributed by atoms with Crippen LogP contribution in [-0.2, 0) is 5.24 Å². The quantitative estimate of drug-likeness (QED) is 0.493. The van der Waals surface area contributed by atoms with Crippen LogP contribution in [0.5, 0.6) is 17.6 Å². The molecule has 2 aliphatic rings. The molecule has 1 aliphatic carbocycles. The zero-order valence-corrected chi connectivity index (χ0v) is 21.1. The number of nitrogens with one attached hydrogen (secondary N) is 1. The van der Waals surface area contributed by atoms with Crippen LogP contribution in [0.1, 0.15) is 12.8 Å². The second-order valence-electron chi connectivity index (χ2n) is 10.2. The maximum absolute atomic E-state index is 13.6. The first-order valence-electron chi connectivity index (χ1n) is 11.8. The molecule has 1 aromatic carbocycles. The van der Waals surface area contributed by atoms with Gasteiger partial charge in [0.15, 0.2) is 0 Å². The molecular weight excluding hydrogens is 467 g/mol. The number of anilines is 2. The summed E-state index contributed by atoms with van der Waals surface area (Å²) >= 11 is 5.93. The van der Waals surface area contributed by atoms with Crippen LogP contribution in [0.2, 0.25) is 5.02 Å². The zero-order valence-electron chi connectivity index (χ0n) is 20.3. The van der Waals surface area contributed by atoms with E-state index in [0.29, 0.717) is 35.4 Å². The number of nitrogens with zero attached hydrogens (tertiary/aromatic N) is 5. The summed E-state index contributed by atoms with van der Waals surface area (Å²) in [5.41, 5.74) is 1.14. The summed E-state index contributed by atoms with van der Waals surface area (Å²) in [5, 5.41) is 7.97. The molecule has 5 rings (SSSR count).